The van der Waals surface area contributed by atoms with E-state index in [2.05, 4.69) is 28.2 Å². The third-order valence-electron chi connectivity index (χ3n) is 6.81. The number of carboxylic acids is 1. The summed E-state index contributed by atoms with van der Waals surface area (Å²) in [4.78, 5) is 40.8. The molecule has 0 aromatic heterocycles. The van der Waals surface area contributed by atoms with Gasteiger partial charge in [0.15, 0.2) is 0 Å². The summed E-state index contributed by atoms with van der Waals surface area (Å²) in [6.45, 7) is 3.36. The van der Waals surface area contributed by atoms with Crippen LogP contribution in [0.4, 0.5) is 16.2 Å². The topological polar surface area (TPSA) is 93.2 Å². The lowest BCUT2D eigenvalue weighted by Crippen LogP contribution is -2.49. The number of nitrogens with one attached hydrogen (secondary N) is 1. The molecule has 1 saturated carbocycles. The van der Waals surface area contributed by atoms with Crippen LogP contribution in [0.5, 0.6) is 0 Å². The first-order valence-corrected chi connectivity index (χ1v) is 10.8. The fraction of sp³-hybridized carbons (Fsp3) is 0.591. The minimum absolute atomic E-state index is 0.160. The molecule has 2 saturated heterocycles. The molecule has 1 aliphatic carbocycles. The van der Waals surface area contributed by atoms with Crippen LogP contribution in [0.3, 0.4) is 0 Å². The van der Waals surface area contributed by atoms with Crippen LogP contribution in [0, 0.1) is 11.8 Å². The van der Waals surface area contributed by atoms with Gasteiger partial charge in [0.25, 0.3) is 0 Å². The van der Waals surface area contributed by atoms with Crippen molar-refractivity contribution in [2.24, 2.45) is 11.8 Å². The Morgan fingerprint density at radius 3 is 2.53 bits per heavy atom. The van der Waals surface area contributed by atoms with Crippen molar-refractivity contribution in [2.75, 3.05) is 43.0 Å². The first-order chi connectivity index (χ1) is 14.4. The average molecular weight is 415 g/mol. The van der Waals surface area contributed by atoms with Crippen molar-refractivity contribution in [3.8, 4) is 0 Å². The minimum Gasteiger partial charge on any atom is -0.481 e. The molecule has 3 aliphatic rings. The van der Waals surface area contributed by atoms with Crippen LogP contribution in [0.1, 0.15) is 32.1 Å². The number of benzene rings is 1. The molecule has 1 aromatic rings. The van der Waals surface area contributed by atoms with Crippen LogP contribution in [-0.2, 0) is 9.59 Å². The lowest BCUT2D eigenvalue weighted by molar-refractivity contribution is -0.146. The molecular formula is C22H30N4O4. The number of amides is 3. The van der Waals surface area contributed by atoms with E-state index in [0.717, 1.165) is 56.7 Å². The number of hydrogen-bond acceptors (Lipinski definition) is 5. The van der Waals surface area contributed by atoms with E-state index in [1.165, 1.54) is 0 Å². The molecule has 30 heavy (non-hydrogen) atoms. The summed E-state index contributed by atoms with van der Waals surface area (Å²) < 4.78 is 0. The molecule has 0 unspecified atom stereocenters. The third kappa shape index (κ3) is 4.43. The maximum absolute atomic E-state index is 12.1. The number of anilines is 2. The maximum Gasteiger partial charge on any atom is 0.328 e. The van der Waals surface area contributed by atoms with Gasteiger partial charge in [-0.05, 0) is 56.8 Å². The van der Waals surface area contributed by atoms with Gasteiger partial charge in [-0.3, -0.25) is 19.8 Å². The molecule has 0 bridgehead atoms. The SMILES string of the molecule is CN(CC1CCN(c2cccc(N3CCC(=O)NC3=O)c2)CC1)C1CC(C(=O)O)C1. The molecule has 3 fully saturated rings. The van der Waals surface area contributed by atoms with Gasteiger partial charge < -0.3 is 14.9 Å². The molecule has 2 aliphatic heterocycles. The van der Waals surface area contributed by atoms with Crippen molar-refractivity contribution in [1.29, 1.82) is 0 Å². The van der Waals surface area contributed by atoms with Crippen molar-refractivity contribution in [3.63, 3.8) is 0 Å². The fourth-order valence-corrected chi connectivity index (χ4v) is 4.75. The summed E-state index contributed by atoms with van der Waals surface area (Å²) in [5.74, 6) is -0.424. The van der Waals surface area contributed by atoms with Gasteiger partial charge in [-0.15, -0.1) is 0 Å². The molecule has 8 nitrogen and oxygen atoms in total. The third-order valence-corrected chi connectivity index (χ3v) is 6.81. The van der Waals surface area contributed by atoms with E-state index in [0.29, 0.717) is 24.9 Å². The number of imide groups is 1. The van der Waals surface area contributed by atoms with E-state index < -0.39 is 5.97 Å². The first-order valence-electron chi connectivity index (χ1n) is 10.8. The predicted molar refractivity (Wildman–Crippen MR) is 114 cm³/mol. The first kappa shape index (κ1) is 20.7. The number of urea groups is 1. The molecule has 0 radical (unpaired) electrons. The highest BCUT2D eigenvalue weighted by atomic mass is 16.4. The zero-order chi connectivity index (χ0) is 21.3. The second kappa shape index (κ2) is 8.63. The average Bonchev–Trinajstić information content (AvgIpc) is 2.67. The Morgan fingerprint density at radius 2 is 1.87 bits per heavy atom. The summed E-state index contributed by atoms with van der Waals surface area (Å²) in [6, 6.07) is 8.02. The standard InChI is InChI=1S/C22H30N4O4/c1-24(19-11-16(12-19)21(28)29)14-15-5-8-25(9-6-15)17-3-2-4-18(13-17)26-10-7-20(27)23-22(26)30/h2-4,13,15-16,19H,5-12,14H2,1H3,(H,28,29)(H,23,27,30). The monoisotopic (exact) mass is 414 g/mol. The largest absolute Gasteiger partial charge is 0.481 e. The van der Waals surface area contributed by atoms with Crippen LogP contribution < -0.4 is 15.1 Å². The molecule has 0 spiro atoms. The van der Waals surface area contributed by atoms with Crippen LogP contribution in [-0.4, -0.2) is 67.2 Å². The van der Waals surface area contributed by atoms with Crippen molar-refractivity contribution in [3.05, 3.63) is 24.3 Å². The highest BCUT2D eigenvalue weighted by Crippen LogP contribution is 2.33. The van der Waals surface area contributed by atoms with Gasteiger partial charge in [0, 0.05) is 50.0 Å². The lowest BCUT2D eigenvalue weighted by Gasteiger charge is -2.42. The number of carboxylic acid groups (broad SMARTS) is 1. The van der Waals surface area contributed by atoms with Crippen molar-refractivity contribution < 1.29 is 19.5 Å². The van der Waals surface area contributed by atoms with E-state index in [1.54, 1.807) is 4.90 Å². The predicted octanol–water partition coefficient (Wildman–Crippen LogP) is 2.14. The van der Waals surface area contributed by atoms with Gasteiger partial charge in [-0.1, -0.05) is 6.07 Å². The molecule has 3 amide bonds. The molecule has 2 N–H and O–H groups in total. The minimum atomic E-state index is -0.663. The number of rotatable bonds is 6. The number of hydrogen-bond donors (Lipinski definition) is 2. The summed E-state index contributed by atoms with van der Waals surface area (Å²) >= 11 is 0. The Hall–Kier alpha value is -2.61. The lowest BCUT2D eigenvalue weighted by atomic mass is 9.79. The molecule has 2 heterocycles. The molecular weight excluding hydrogens is 384 g/mol. The number of aliphatic carboxylic acids is 1. The van der Waals surface area contributed by atoms with Gasteiger partial charge >= 0.3 is 12.0 Å². The highest BCUT2D eigenvalue weighted by Gasteiger charge is 2.37. The smallest absolute Gasteiger partial charge is 0.328 e. The van der Waals surface area contributed by atoms with Crippen LogP contribution >= 0.6 is 0 Å². The second-order valence-corrected chi connectivity index (χ2v) is 8.81. The van der Waals surface area contributed by atoms with E-state index in [1.807, 2.05) is 18.2 Å². The van der Waals surface area contributed by atoms with Gasteiger partial charge in [0.1, 0.15) is 0 Å². The Morgan fingerprint density at radius 1 is 1.17 bits per heavy atom. The quantitative estimate of drug-likeness (QED) is 0.741. The highest BCUT2D eigenvalue weighted by molar-refractivity contribution is 6.05. The number of nitrogens with zero attached hydrogens (tertiary/aromatic N) is 3. The number of carbonyl (C=O) groups excluding carboxylic acids is 2. The molecule has 0 atom stereocenters. The fourth-order valence-electron chi connectivity index (χ4n) is 4.75. The van der Waals surface area contributed by atoms with E-state index in [4.69, 9.17) is 5.11 Å². The second-order valence-electron chi connectivity index (χ2n) is 8.81. The molecule has 4 rings (SSSR count). The number of carbonyl (C=O) groups is 3. The van der Waals surface area contributed by atoms with Gasteiger partial charge in [0.2, 0.25) is 5.91 Å². The molecule has 1 aromatic carbocycles. The van der Waals surface area contributed by atoms with Gasteiger partial charge in [0.05, 0.1) is 5.92 Å². The summed E-state index contributed by atoms with van der Waals surface area (Å²) in [7, 11) is 2.12. The van der Waals surface area contributed by atoms with E-state index in [-0.39, 0.29) is 17.9 Å². The van der Waals surface area contributed by atoms with E-state index in [9.17, 15) is 14.4 Å². The molecule has 8 heteroatoms. The Bertz CT molecular complexity index is 815. The van der Waals surface area contributed by atoms with Crippen molar-refractivity contribution in [1.82, 2.24) is 10.2 Å². The van der Waals surface area contributed by atoms with Gasteiger partial charge in [-0.25, -0.2) is 4.79 Å². The molecule has 162 valence electrons. The Kier molecular flexibility index (Phi) is 5.94. The summed E-state index contributed by atoms with van der Waals surface area (Å²) in [5.41, 5.74) is 1.92. The van der Waals surface area contributed by atoms with Crippen LogP contribution in [0.2, 0.25) is 0 Å². The summed E-state index contributed by atoms with van der Waals surface area (Å²) in [5, 5.41) is 11.4. The van der Waals surface area contributed by atoms with Crippen molar-refractivity contribution in [2.45, 2.75) is 38.1 Å². The number of piperidine rings is 1. The maximum atomic E-state index is 12.1. The zero-order valence-electron chi connectivity index (χ0n) is 17.4. The van der Waals surface area contributed by atoms with Crippen molar-refractivity contribution >= 4 is 29.3 Å². The zero-order valence-corrected chi connectivity index (χ0v) is 17.4. The normalized spacial score (nSPS) is 25.3. The summed E-state index contributed by atoms with van der Waals surface area (Å²) in [6.07, 6.45) is 4.06. The van der Waals surface area contributed by atoms with E-state index >= 15 is 0 Å². The van der Waals surface area contributed by atoms with Gasteiger partial charge in [-0.2, -0.15) is 0 Å². The van der Waals surface area contributed by atoms with Crippen LogP contribution in [0.15, 0.2) is 24.3 Å². The van der Waals surface area contributed by atoms with Crippen LogP contribution in [0.25, 0.3) is 0 Å². The Labute approximate surface area is 176 Å². The Balaban J connectivity index is 1.29.